The van der Waals surface area contributed by atoms with Gasteiger partial charge in [0.05, 0.1) is 18.2 Å². The second-order valence-corrected chi connectivity index (χ2v) is 6.25. The van der Waals surface area contributed by atoms with Crippen LogP contribution in [0.4, 0.5) is 0 Å². The Balaban J connectivity index is 1.36. The first-order valence-electron chi connectivity index (χ1n) is 8.72. The molecule has 29 heavy (non-hydrogen) atoms. The molecular formula is C21H16N2O6. The number of amides is 1. The number of hydrogen-bond donors (Lipinski definition) is 2. The Hall–Kier alpha value is -4.07. The van der Waals surface area contributed by atoms with Gasteiger partial charge in [-0.2, -0.15) is 5.10 Å². The summed E-state index contributed by atoms with van der Waals surface area (Å²) < 4.78 is 16.2. The molecule has 2 N–H and O–H groups in total. The highest BCUT2D eigenvalue weighted by Crippen LogP contribution is 2.32. The number of ether oxygens (including phenoxy) is 2. The summed E-state index contributed by atoms with van der Waals surface area (Å²) in [4.78, 5) is 23.1. The average molecular weight is 392 g/mol. The van der Waals surface area contributed by atoms with E-state index in [-0.39, 0.29) is 24.7 Å². The fourth-order valence-corrected chi connectivity index (χ4v) is 2.83. The van der Waals surface area contributed by atoms with Gasteiger partial charge in [0.25, 0.3) is 0 Å². The first-order chi connectivity index (χ1) is 14.1. The summed E-state index contributed by atoms with van der Waals surface area (Å²) in [6.07, 6.45) is 1.52. The van der Waals surface area contributed by atoms with Gasteiger partial charge in [-0.3, -0.25) is 4.79 Å². The number of benzene rings is 2. The Bertz CT molecular complexity index is 1100. The highest BCUT2D eigenvalue weighted by atomic mass is 16.7. The Morgan fingerprint density at radius 2 is 1.93 bits per heavy atom. The van der Waals surface area contributed by atoms with Gasteiger partial charge in [-0.1, -0.05) is 18.2 Å². The van der Waals surface area contributed by atoms with Crippen molar-refractivity contribution in [3.8, 4) is 22.8 Å². The van der Waals surface area contributed by atoms with Crippen molar-refractivity contribution >= 4 is 18.1 Å². The van der Waals surface area contributed by atoms with Crippen molar-refractivity contribution in [2.45, 2.75) is 6.42 Å². The first kappa shape index (κ1) is 18.3. The van der Waals surface area contributed by atoms with E-state index in [9.17, 15) is 9.59 Å². The van der Waals surface area contributed by atoms with Crippen molar-refractivity contribution in [2.24, 2.45) is 5.10 Å². The molecule has 0 spiro atoms. The van der Waals surface area contributed by atoms with Crippen LogP contribution in [0.15, 0.2) is 64.1 Å². The molecule has 1 aromatic heterocycles. The fourth-order valence-electron chi connectivity index (χ4n) is 2.83. The maximum Gasteiger partial charge on any atom is 0.335 e. The molecule has 0 unspecified atom stereocenters. The number of furan rings is 1. The van der Waals surface area contributed by atoms with E-state index in [0.717, 1.165) is 5.56 Å². The number of aromatic carboxylic acids is 1. The number of carboxylic acids is 1. The molecule has 0 radical (unpaired) electrons. The van der Waals surface area contributed by atoms with E-state index in [4.69, 9.17) is 19.0 Å². The topological polar surface area (TPSA) is 110 Å². The maximum atomic E-state index is 12.0. The molecule has 0 saturated heterocycles. The highest BCUT2D eigenvalue weighted by molar-refractivity contribution is 5.89. The minimum absolute atomic E-state index is 0.138. The van der Waals surface area contributed by atoms with Gasteiger partial charge in [0.2, 0.25) is 12.7 Å². The zero-order chi connectivity index (χ0) is 20.2. The van der Waals surface area contributed by atoms with E-state index in [1.807, 2.05) is 0 Å². The molecule has 2 aromatic carbocycles. The van der Waals surface area contributed by atoms with Gasteiger partial charge in [-0.15, -0.1) is 0 Å². The van der Waals surface area contributed by atoms with Gasteiger partial charge in [-0.05, 0) is 42.0 Å². The minimum Gasteiger partial charge on any atom is -0.478 e. The molecule has 0 bridgehead atoms. The molecule has 0 fully saturated rings. The van der Waals surface area contributed by atoms with Gasteiger partial charge in [-0.25, -0.2) is 10.2 Å². The molecule has 1 aliphatic rings. The third kappa shape index (κ3) is 4.27. The lowest BCUT2D eigenvalue weighted by Gasteiger charge is -2.02. The van der Waals surface area contributed by atoms with Crippen molar-refractivity contribution < 1.29 is 28.6 Å². The Kier molecular flexibility index (Phi) is 4.98. The van der Waals surface area contributed by atoms with Crippen LogP contribution in [0, 0.1) is 0 Å². The standard InChI is InChI=1S/C21H16N2O6/c24-20(9-13-4-6-18-19(8-13)28-12-27-18)23-22-11-16-5-7-17(29-16)14-2-1-3-15(10-14)21(25)26/h1-8,10-11H,9,12H2,(H,23,24)(H,25,26)/b22-11-. The van der Waals surface area contributed by atoms with Crippen LogP contribution in [0.5, 0.6) is 11.5 Å². The molecule has 1 amide bonds. The molecular weight excluding hydrogens is 376 g/mol. The molecule has 8 nitrogen and oxygen atoms in total. The zero-order valence-corrected chi connectivity index (χ0v) is 15.1. The summed E-state index contributed by atoms with van der Waals surface area (Å²) in [5, 5.41) is 13.0. The monoisotopic (exact) mass is 392 g/mol. The van der Waals surface area contributed by atoms with Crippen LogP contribution in [0.25, 0.3) is 11.3 Å². The van der Waals surface area contributed by atoms with Crippen LogP contribution in [-0.2, 0) is 11.2 Å². The number of carboxylic acid groups (broad SMARTS) is 1. The van der Waals surface area contributed by atoms with Crippen LogP contribution in [0.2, 0.25) is 0 Å². The SMILES string of the molecule is O=C(Cc1ccc2c(c1)OCO2)N/N=C\c1ccc(-c2cccc(C(=O)O)c2)o1. The second-order valence-electron chi connectivity index (χ2n) is 6.25. The molecule has 0 atom stereocenters. The van der Waals surface area contributed by atoms with Crippen LogP contribution in [0.1, 0.15) is 21.7 Å². The minimum atomic E-state index is -1.01. The van der Waals surface area contributed by atoms with Gasteiger partial charge < -0.3 is 19.0 Å². The van der Waals surface area contributed by atoms with Crippen LogP contribution < -0.4 is 14.9 Å². The van der Waals surface area contributed by atoms with Crippen molar-refractivity contribution in [2.75, 3.05) is 6.79 Å². The third-order valence-corrected chi connectivity index (χ3v) is 4.20. The Morgan fingerprint density at radius 3 is 2.79 bits per heavy atom. The summed E-state index contributed by atoms with van der Waals surface area (Å²) in [5.74, 6) is 0.903. The number of hydrogen-bond acceptors (Lipinski definition) is 6. The highest BCUT2D eigenvalue weighted by Gasteiger charge is 2.14. The van der Waals surface area contributed by atoms with E-state index in [0.29, 0.717) is 28.6 Å². The van der Waals surface area contributed by atoms with Crippen LogP contribution in [0.3, 0.4) is 0 Å². The number of fused-ring (bicyclic) bond motifs is 1. The van der Waals surface area contributed by atoms with E-state index < -0.39 is 5.97 Å². The summed E-state index contributed by atoms with van der Waals surface area (Å²) in [5.41, 5.74) is 4.03. The lowest BCUT2D eigenvalue weighted by atomic mass is 10.1. The van der Waals surface area contributed by atoms with Crippen LogP contribution in [-0.4, -0.2) is 30.0 Å². The van der Waals surface area contributed by atoms with Crippen LogP contribution >= 0.6 is 0 Å². The quantitative estimate of drug-likeness (QED) is 0.493. The Labute approximate surface area is 165 Å². The molecule has 2 heterocycles. The summed E-state index contributed by atoms with van der Waals surface area (Å²) >= 11 is 0. The number of hydrazone groups is 1. The smallest absolute Gasteiger partial charge is 0.335 e. The molecule has 1 aliphatic heterocycles. The number of rotatable bonds is 6. The summed E-state index contributed by atoms with van der Waals surface area (Å²) in [6, 6.07) is 15.1. The fraction of sp³-hybridized carbons (Fsp3) is 0.0952. The zero-order valence-electron chi connectivity index (χ0n) is 15.1. The summed E-state index contributed by atoms with van der Waals surface area (Å²) in [6.45, 7) is 0.182. The predicted molar refractivity (Wildman–Crippen MR) is 103 cm³/mol. The maximum absolute atomic E-state index is 12.0. The number of nitrogens with one attached hydrogen (secondary N) is 1. The van der Waals surface area contributed by atoms with Crippen molar-refractivity contribution in [1.82, 2.24) is 5.43 Å². The van der Waals surface area contributed by atoms with Crippen molar-refractivity contribution in [1.29, 1.82) is 0 Å². The number of carbonyl (C=O) groups is 2. The number of carbonyl (C=O) groups excluding carboxylic acids is 1. The molecule has 3 aromatic rings. The van der Waals surface area contributed by atoms with E-state index >= 15 is 0 Å². The van der Waals surface area contributed by atoms with Gasteiger partial charge in [0.1, 0.15) is 11.5 Å². The van der Waals surface area contributed by atoms with Gasteiger partial charge >= 0.3 is 5.97 Å². The molecule has 0 saturated carbocycles. The third-order valence-electron chi connectivity index (χ3n) is 4.20. The van der Waals surface area contributed by atoms with E-state index in [2.05, 4.69) is 10.5 Å². The van der Waals surface area contributed by atoms with Gasteiger partial charge in [0, 0.05) is 5.56 Å². The second kappa shape index (κ2) is 7.89. The molecule has 0 aliphatic carbocycles. The normalized spacial score (nSPS) is 12.3. The molecule has 4 rings (SSSR count). The summed E-state index contributed by atoms with van der Waals surface area (Å²) in [7, 11) is 0. The lowest BCUT2D eigenvalue weighted by molar-refractivity contribution is -0.120. The first-order valence-corrected chi connectivity index (χ1v) is 8.72. The van der Waals surface area contributed by atoms with Crippen molar-refractivity contribution in [3.63, 3.8) is 0 Å². The molecule has 8 heteroatoms. The van der Waals surface area contributed by atoms with E-state index in [1.165, 1.54) is 18.3 Å². The van der Waals surface area contributed by atoms with Gasteiger partial charge in [0.15, 0.2) is 11.5 Å². The lowest BCUT2D eigenvalue weighted by Crippen LogP contribution is -2.19. The average Bonchev–Trinajstić information content (AvgIpc) is 3.37. The number of nitrogens with zero attached hydrogens (tertiary/aromatic N) is 1. The largest absolute Gasteiger partial charge is 0.478 e. The van der Waals surface area contributed by atoms with Crippen molar-refractivity contribution in [3.05, 3.63) is 71.5 Å². The Morgan fingerprint density at radius 1 is 1.07 bits per heavy atom. The van der Waals surface area contributed by atoms with E-state index in [1.54, 1.807) is 42.5 Å². The predicted octanol–water partition coefficient (Wildman–Crippen LogP) is 3.07. The molecule has 146 valence electrons.